The Balaban J connectivity index is 1.47. The van der Waals surface area contributed by atoms with E-state index in [1.165, 1.54) is 35.0 Å². The number of carbonyl (C=O) groups is 2. The summed E-state index contributed by atoms with van der Waals surface area (Å²) in [5.74, 6) is -1.86. The number of piperidine rings is 1. The van der Waals surface area contributed by atoms with Gasteiger partial charge in [0.15, 0.2) is 0 Å². The largest absolute Gasteiger partial charge is 0.348 e. The standard InChI is InChI=1S/C25H32FN3O4S/c1-19-18-22(12-13-23(19)26)34(32,33)29-17-6-5-11-21(29)14-16-28-25(31)24(30)27-15-7-10-20-8-3-2-4-9-20/h2-4,8-9,12-13,18,21H,5-7,10-11,14-17H2,1H3,(H,27,30)(H,28,31). The second-order valence-corrected chi connectivity index (χ2v) is 10.5. The van der Waals surface area contributed by atoms with Crippen LogP contribution < -0.4 is 10.6 Å². The van der Waals surface area contributed by atoms with E-state index >= 15 is 0 Å². The van der Waals surface area contributed by atoms with Crippen LogP contribution in [0.15, 0.2) is 53.4 Å². The van der Waals surface area contributed by atoms with Crippen molar-refractivity contribution in [3.63, 3.8) is 0 Å². The molecule has 3 rings (SSSR count). The van der Waals surface area contributed by atoms with Crippen LogP contribution in [-0.4, -0.2) is 50.2 Å². The summed E-state index contributed by atoms with van der Waals surface area (Å²) >= 11 is 0. The second-order valence-electron chi connectivity index (χ2n) is 8.57. The van der Waals surface area contributed by atoms with Gasteiger partial charge in [-0.2, -0.15) is 4.31 Å². The smallest absolute Gasteiger partial charge is 0.309 e. The number of rotatable bonds is 9. The molecule has 1 aliphatic heterocycles. The van der Waals surface area contributed by atoms with Gasteiger partial charge in [-0.25, -0.2) is 12.8 Å². The summed E-state index contributed by atoms with van der Waals surface area (Å²) in [5.41, 5.74) is 1.45. The Morgan fingerprint density at radius 1 is 1.03 bits per heavy atom. The third-order valence-electron chi connectivity index (χ3n) is 6.05. The lowest BCUT2D eigenvalue weighted by atomic mass is 10.0. The predicted octanol–water partition coefficient (Wildman–Crippen LogP) is 2.93. The summed E-state index contributed by atoms with van der Waals surface area (Å²) < 4.78 is 41.4. The summed E-state index contributed by atoms with van der Waals surface area (Å²) in [6, 6.07) is 13.4. The fraction of sp³-hybridized carbons (Fsp3) is 0.440. The van der Waals surface area contributed by atoms with Gasteiger partial charge in [0.1, 0.15) is 5.82 Å². The van der Waals surface area contributed by atoms with E-state index in [0.29, 0.717) is 25.9 Å². The maximum Gasteiger partial charge on any atom is 0.309 e. The first kappa shape index (κ1) is 25.8. The minimum atomic E-state index is -3.78. The molecule has 0 radical (unpaired) electrons. The fourth-order valence-corrected chi connectivity index (χ4v) is 5.95. The molecule has 2 aromatic carbocycles. The lowest BCUT2D eigenvalue weighted by Gasteiger charge is -2.34. The third-order valence-corrected chi connectivity index (χ3v) is 8.00. The third kappa shape index (κ3) is 6.87. The zero-order valence-corrected chi connectivity index (χ0v) is 20.2. The van der Waals surface area contributed by atoms with Crippen LogP contribution in [0.3, 0.4) is 0 Å². The van der Waals surface area contributed by atoms with Gasteiger partial charge in [0.2, 0.25) is 10.0 Å². The van der Waals surface area contributed by atoms with Crippen LogP contribution in [-0.2, 0) is 26.0 Å². The molecule has 2 amide bonds. The zero-order valence-electron chi connectivity index (χ0n) is 19.4. The maximum atomic E-state index is 13.6. The van der Waals surface area contributed by atoms with Gasteiger partial charge in [-0.05, 0) is 68.4 Å². The van der Waals surface area contributed by atoms with E-state index in [0.717, 1.165) is 25.7 Å². The number of hydrogen-bond acceptors (Lipinski definition) is 4. The molecule has 1 atom stereocenters. The molecule has 184 valence electrons. The van der Waals surface area contributed by atoms with Crippen LogP contribution >= 0.6 is 0 Å². The normalized spacial score (nSPS) is 16.7. The molecular weight excluding hydrogens is 457 g/mol. The highest BCUT2D eigenvalue weighted by atomic mass is 32.2. The molecule has 0 saturated carbocycles. The Hall–Kier alpha value is -2.78. The van der Waals surface area contributed by atoms with Crippen molar-refractivity contribution in [1.29, 1.82) is 0 Å². The van der Waals surface area contributed by atoms with Crippen LogP contribution in [0, 0.1) is 12.7 Å². The first-order chi connectivity index (χ1) is 16.3. The van der Waals surface area contributed by atoms with Crippen LogP contribution in [0.5, 0.6) is 0 Å². The van der Waals surface area contributed by atoms with Crippen LogP contribution in [0.1, 0.15) is 43.2 Å². The molecule has 1 saturated heterocycles. The number of aryl methyl sites for hydroxylation is 2. The van der Waals surface area contributed by atoms with Gasteiger partial charge < -0.3 is 10.6 Å². The highest BCUT2D eigenvalue weighted by Crippen LogP contribution is 2.27. The second kappa shape index (κ2) is 12.1. The monoisotopic (exact) mass is 489 g/mol. The molecule has 0 aromatic heterocycles. The summed E-state index contributed by atoms with van der Waals surface area (Å²) in [4.78, 5) is 24.2. The van der Waals surface area contributed by atoms with E-state index < -0.39 is 27.7 Å². The molecule has 1 heterocycles. The fourth-order valence-electron chi connectivity index (χ4n) is 4.14. The Morgan fingerprint density at radius 2 is 1.74 bits per heavy atom. The number of amides is 2. The van der Waals surface area contributed by atoms with Gasteiger partial charge in [0.25, 0.3) is 0 Å². The molecule has 9 heteroatoms. The molecular formula is C25H32FN3O4S. The minimum Gasteiger partial charge on any atom is -0.348 e. The summed E-state index contributed by atoms with van der Waals surface area (Å²) in [6.45, 7) is 2.49. The molecule has 1 aliphatic rings. The van der Waals surface area contributed by atoms with Crippen LogP contribution in [0.25, 0.3) is 0 Å². The molecule has 0 spiro atoms. The van der Waals surface area contributed by atoms with E-state index in [1.54, 1.807) is 0 Å². The Kier molecular flexibility index (Phi) is 9.18. The number of halogens is 1. The number of benzene rings is 2. The van der Waals surface area contributed by atoms with Crippen LogP contribution in [0.4, 0.5) is 4.39 Å². The van der Waals surface area contributed by atoms with E-state index in [9.17, 15) is 22.4 Å². The van der Waals surface area contributed by atoms with Crippen LogP contribution in [0.2, 0.25) is 0 Å². The van der Waals surface area contributed by atoms with Crippen molar-refractivity contribution in [2.45, 2.75) is 56.4 Å². The minimum absolute atomic E-state index is 0.0669. The van der Waals surface area contributed by atoms with Gasteiger partial charge >= 0.3 is 11.8 Å². The SMILES string of the molecule is Cc1cc(S(=O)(=O)N2CCCCC2CCNC(=O)C(=O)NCCCc2ccccc2)ccc1F. The number of hydrogen-bond donors (Lipinski definition) is 2. The molecule has 2 aromatic rings. The van der Waals surface area contributed by atoms with Crippen molar-refractivity contribution in [3.8, 4) is 0 Å². The molecule has 2 N–H and O–H groups in total. The van der Waals surface area contributed by atoms with E-state index in [4.69, 9.17) is 0 Å². The summed E-state index contributed by atoms with van der Waals surface area (Å²) in [6.07, 6.45) is 4.22. The summed E-state index contributed by atoms with van der Waals surface area (Å²) in [7, 11) is -3.78. The van der Waals surface area contributed by atoms with E-state index in [-0.39, 0.29) is 23.0 Å². The van der Waals surface area contributed by atoms with Gasteiger partial charge in [-0.1, -0.05) is 36.8 Å². The highest BCUT2D eigenvalue weighted by Gasteiger charge is 2.33. The van der Waals surface area contributed by atoms with Crippen molar-refractivity contribution in [1.82, 2.24) is 14.9 Å². The van der Waals surface area contributed by atoms with Gasteiger partial charge in [-0.3, -0.25) is 9.59 Å². The first-order valence-electron chi connectivity index (χ1n) is 11.7. The lowest BCUT2D eigenvalue weighted by molar-refractivity contribution is -0.139. The number of sulfonamides is 1. The Labute approximate surface area is 200 Å². The topological polar surface area (TPSA) is 95.6 Å². The molecule has 1 unspecified atom stereocenters. The van der Waals surface area contributed by atoms with Crippen molar-refractivity contribution in [2.75, 3.05) is 19.6 Å². The Bertz CT molecular complexity index is 1090. The predicted molar refractivity (Wildman–Crippen MR) is 128 cm³/mol. The van der Waals surface area contributed by atoms with Gasteiger partial charge in [0, 0.05) is 25.7 Å². The van der Waals surface area contributed by atoms with Crippen molar-refractivity contribution < 1.29 is 22.4 Å². The molecule has 34 heavy (non-hydrogen) atoms. The molecule has 0 aliphatic carbocycles. The van der Waals surface area contributed by atoms with Crippen molar-refractivity contribution in [2.24, 2.45) is 0 Å². The molecule has 1 fully saturated rings. The number of carbonyl (C=O) groups excluding carboxylic acids is 2. The van der Waals surface area contributed by atoms with Gasteiger partial charge in [-0.15, -0.1) is 0 Å². The quantitative estimate of drug-likeness (QED) is 0.418. The lowest BCUT2D eigenvalue weighted by Crippen LogP contribution is -2.46. The maximum absolute atomic E-state index is 13.6. The number of nitrogens with one attached hydrogen (secondary N) is 2. The molecule has 0 bridgehead atoms. The van der Waals surface area contributed by atoms with Crippen molar-refractivity contribution >= 4 is 21.8 Å². The molecule has 7 nitrogen and oxygen atoms in total. The van der Waals surface area contributed by atoms with E-state index in [2.05, 4.69) is 10.6 Å². The number of nitrogens with zero attached hydrogens (tertiary/aromatic N) is 1. The highest BCUT2D eigenvalue weighted by molar-refractivity contribution is 7.89. The first-order valence-corrected chi connectivity index (χ1v) is 13.1. The summed E-state index contributed by atoms with van der Waals surface area (Å²) in [5, 5.41) is 5.21. The van der Waals surface area contributed by atoms with Gasteiger partial charge in [0.05, 0.1) is 4.90 Å². The zero-order chi connectivity index (χ0) is 24.6. The van der Waals surface area contributed by atoms with E-state index in [1.807, 2.05) is 30.3 Å². The Morgan fingerprint density at radius 3 is 2.44 bits per heavy atom. The average molecular weight is 490 g/mol. The average Bonchev–Trinajstić information content (AvgIpc) is 2.84. The van der Waals surface area contributed by atoms with Crippen molar-refractivity contribution in [3.05, 3.63) is 65.5 Å².